The van der Waals surface area contributed by atoms with E-state index in [1.165, 1.54) is 0 Å². The average molecular weight is 205 g/mol. The van der Waals surface area contributed by atoms with Crippen molar-refractivity contribution in [1.29, 1.82) is 0 Å². The first kappa shape index (κ1) is 9.71. The fourth-order valence-corrected chi connectivity index (χ4v) is 1.56. The summed E-state index contributed by atoms with van der Waals surface area (Å²) >= 11 is 0. The molecule has 4 nitrogen and oxygen atoms in total. The van der Waals surface area contributed by atoms with Crippen LogP contribution in [0.15, 0.2) is 18.2 Å². The number of fused-ring (bicyclic) bond motifs is 1. The van der Waals surface area contributed by atoms with Crippen LogP contribution in [0.3, 0.4) is 0 Å². The fraction of sp³-hybridized carbons (Fsp3) is 0.273. The van der Waals surface area contributed by atoms with Gasteiger partial charge in [0, 0.05) is 5.69 Å². The molecule has 15 heavy (non-hydrogen) atoms. The second kappa shape index (κ2) is 3.73. The lowest BCUT2D eigenvalue weighted by Gasteiger charge is -2.03. The highest BCUT2D eigenvalue weighted by molar-refractivity contribution is 6.01. The average Bonchev–Trinajstić information content (AvgIpc) is 2.57. The number of anilines is 1. The zero-order valence-electron chi connectivity index (χ0n) is 8.37. The minimum absolute atomic E-state index is 0.0361. The highest BCUT2D eigenvalue weighted by Gasteiger charge is 2.19. The molecule has 1 heterocycles. The maximum atomic E-state index is 11.4. The van der Waals surface area contributed by atoms with E-state index in [0.717, 1.165) is 5.56 Å². The molecule has 0 fully saturated rings. The van der Waals surface area contributed by atoms with Crippen LogP contribution in [-0.4, -0.2) is 18.5 Å². The molecular formula is C11H11NO3. The normalized spacial score (nSPS) is 13.3. The summed E-state index contributed by atoms with van der Waals surface area (Å²) in [4.78, 5) is 22.5. The maximum absolute atomic E-state index is 11.4. The number of benzene rings is 1. The molecule has 0 saturated carbocycles. The third kappa shape index (κ3) is 1.83. The Morgan fingerprint density at radius 2 is 2.33 bits per heavy atom. The summed E-state index contributed by atoms with van der Waals surface area (Å²) in [6, 6.07) is 5.11. The van der Waals surface area contributed by atoms with E-state index in [9.17, 15) is 9.59 Å². The number of carbonyl (C=O) groups is 2. The van der Waals surface area contributed by atoms with Crippen molar-refractivity contribution in [3.63, 3.8) is 0 Å². The third-order valence-electron chi connectivity index (χ3n) is 2.25. The van der Waals surface area contributed by atoms with E-state index in [-0.39, 0.29) is 11.9 Å². The maximum Gasteiger partial charge on any atom is 0.338 e. The lowest BCUT2D eigenvalue weighted by Crippen LogP contribution is -2.06. The van der Waals surface area contributed by atoms with Crippen LogP contribution in [0.4, 0.5) is 5.69 Å². The van der Waals surface area contributed by atoms with Gasteiger partial charge in [-0.1, -0.05) is 6.07 Å². The molecule has 1 aliphatic rings. The molecule has 4 heteroatoms. The summed E-state index contributed by atoms with van der Waals surface area (Å²) in [5, 5.41) is 2.69. The van der Waals surface area contributed by atoms with Crippen LogP contribution in [-0.2, 0) is 16.0 Å². The predicted octanol–water partition coefficient (Wildman–Crippen LogP) is 1.36. The number of carbonyl (C=O) groups excluding carboxylic acids is 2. The van der Waals surface area contributed by atoms with Gasteiger partial charge < -0.3 is 10.1 Å². The fourth-order valence-electron chi connectivity index (χ4n) is 1.56. The Morgan fingerprint density at radius 3 is 3.07 bits per heavy atom. The van der Waals surface area contributed by atoms with E-state index in [2.05, 4.69) is 5.32 Å². The Labute approximate surface area is 87.2 Å². The van der Waals surface area contributed by atoms with Crippen LogP contribution >= 0.6 is 0 Å². The van der Waals surface area contributed by atoms with Crippen molar-refractivity contribution in [3.8, 4) is 0 Å². The van der Waals surface area contributed by atoms with Crippen molar-refractivity contribution < 1.29 is 14.3 Å². The summed E-state index contributed by atoms with van der Waals surface area (Å²) in [6.07, 6.45) is 0.387. The first-order valence-corrected chi connectivity index (χ1v) is 4.80. The topological polar surface area (TPSA) is 55.4 Å². The van der Waals surface area contributed by atoms with Gasteiger partial charge in [0.05, 0.1) is 18.6 Å². The molecule has 78 valence electrons. The summed E-state index contributed by atoms with van der Waals surface area (Å²) < 4.78 is 4.86. The molecule has 1 aromatic rings. The molecule has 0 bridgehead atoms. The molecule has 1 aliphatic heterocycles. The molecule has 0 aromatic heterocycles. The summed E-state index contributed by atoms with van der Waals surface area (Å²) in [5.74, 6) is -0.396. The van der Waals surface area contributed by atoms with Gasteiger partial charge in [-0.05, 0) is 24.6 Å². The number of hydrogen-bond acceptors (Lipinski definition) is 3. The minimum atomic E-state index is -0.360. The van der Waals surface area contributed by atoms with Crippen LogP contribution in [0.5, 0.6) is 0 Å². The lowest BCUT2D eigenvalue weighted by molar-refractivity contribution is -0.115. The van der Waals surface area contributed by atoms with Gasteiger partial charge in [0.15, 0.2) is 0 Å². The van der Waals surface area contributed by atoms with Gasteiger partial charge >= 0.3 is 5.97 Å². The highest BCUT2D eigenvalue weighted by Crippen LogP contribution is 2.24. The number of ether oxygens (including phenoxy) is 1. The van der Waals surface area contributed by atoms with Gasteiger partial charge in [-0.15, -0.1) is 0 Å². The van der Waals surface area contributed by atoms with E-state index in [1.54, 1.807) is 25.1 Å². The van der Waals surface area contributed by atoms with Crippen LogP contribution in [0.1, 0.15) is 22.8 Å². The van der Waals surface area contributed by atoms with Crippen molar-refractivity contribution >= 4 is 17.6 Å². The molecule has 1 amide bonds. The molecule has 0 unspecified atom stereocenters. The van der Waals surface area contributed by atoms with Crippen molar-refractivity contribution in [2.45, 2.75) is 13.3 Å². The lowest BCUT2D eigenvalue weighted by atomic mass is 10.1. The van der Waals surface area contributed by atoms with E-state index >= 15 is 0 Å². The molecule has 2 rings (SSSR count). The molecular weight excluding hydrogens is 194 g/mol. The Morgan fingerprint density at radius 1 is 1.53 bits per heavy atom. The first-order valence-electron chi connectivity index (χ1n) is 4.80. The van der Waals surface area contributed by atoms with Gasteiger partial charge in [-0.25, -0.2) is 4.79 Å². The second-order valence-corrected chi connectivity index (χ2v) is 3.32. The number of amides is 1. The minimum Gasteiger partial charge on any atom is -0.462 e. The molecule has 0 atom stereocenters. The SMILES string of the molecule is CCOC(=O)c1ccc2c(c1)NC(=O)C2. The first-order chi connectivity index (χ1) is 7.20. The van der Waals surface area contributed by atoms with Crippen molar-refractivity contribution in [2.75, 3.05) is 11.9 Å². The quantitative estimate of drug-likeness (QED) is 0.741. The Hall–Kier alpha value is -1.84. The van der Waals surface area contributed by atoms with Gasteiger partial charge in [-0.2, -0.15) is 0 Å². The Bertz CT molecular complexity index is 426. The van der Waals surface area contributed by atoms with E-state index < -0.39 is 0 Å². The molecule has 1 aromatic carbocycles. The van der Waals surface area contributed by atoms with E-state index in [4.69, 9.17) is 4.74 Å². The predicted molar refractivity (Wildman–Crippen MR) is 54.7 cm³/mol. The van der Waals surface area contributed by atoms with Gasteiger partial charge in [-0.3, -0.25) is 4.79 Å². The van der Waals surface area contributed by atoms with E-state index in [1.807, 2.05) is 0 Å². The van der Waals surface area contributed by atoms with Crippen LogP contribution in [0, 0.1) is 0 Å². The smallest absolute Gasteiger partial charge is 0.338 e. The number of nitrogens with one attached hydrogen (secondary N) is 1. The van der Waals surface area contributed by atoms with Gasteiger partial charge in [0.1, 0.15) is 0 Å². The zero-order valence-corrected chi connectivity index (χ0v) is 8.37. The highest BCUT2D eigenvalue weighted by atomic mass is 16.5. The standard InChI is InChI=1S/C11H11NO3/c1-2-15-11(14)8-4-3-7-6-10(13)12-9(7)5-8/h3-5H,2,6H2,1H3,(H,12,13). The summed E-state index contributed by atoms with van der Waals surface area (Å²) in [5.41, 5.74) is 2.11. The molecule has 0 saturated heterocycles. The molecule has 0 spiro atoms. The summed E-state index contributed by atoms with van der Waals surface area (Å²) in [6.45, 7) is 2.11. The molecule has 1 N–H and O–H groups in total. The molecule has 0 aliphatic carbocycles. The van der Waals surface area contributed by atoms with Crippen molar-refractivity contribution in [3.05, 3.63) is 29.3 Å². The van der Waals surface area contributed by atoms with E-state index in [0.29, 0.717) is 24.3 Å². The number of hydrogen-bond donors (Lipinski definition) is 1. The van der Waals surface area contributed by atoms with Crippen molar-refractivity contribution in [2.24, 2.45) is 0 Å². The van der Waals surface area contributed by atoms with Gasteiger partial charge in [0.2, 0.25) is 5.91 Å². The van der Waals surface area contributed by atoms with Crippen LogP contribution in [0.2, 0.25) is 0 Å². The number of rotatable bonds is 2. The largest absolute Gasteiger partial charge is 0.462 e. The Kier molecular flexibility index (Phi) is 2.41. The third-order valence-corrected chi connectivity index (χ3v) is 2.25. The van der Waals surface area contributed by atoms with Crippen LogP contribution in [0.25, 0.3) is 0 Å². The number of esters is 1. The van der Waals surface area contributed by atoms with Crippen LogP contribution < -0.4 is 5.32 Å². The second-order valence-electron chi connectivity index (χ2n) is 3.32. The van der Waals surface area contributed by atoms with Crippen molar-refractivity contribution in [1.82, 2.24) is 0 Å². The summed E-state index contributed by atoms with van der Waals surface area (Å²) in [7, 11) is 0. The van der Waals surface area contributed by atoms with Gasteiger partial charge in [0.25, 0.3) is 0 Å². The molecule has 0 radical (unpaired) electrons. The monoisotopic (exact) mass is 205 g/mol. The Balaban J connectivity index is 2.27. The zero-order chi connectivity index (χ0) is 10.8.